The normalized spacial score (nSPS) is 17.3. The summed E-state index contributed by atoms with van der Waals surface area (Å²) >= 11 is 0. The Labute approximate surface area is 81.9 Å². The SMILES string of the molecule is CCn1cc(S(=O)(=O)F)c(C2CC2)n1. The van der Waals surface area contributed by atoms with Crippen molar-refractivity contribution in [2.75, 3.05) is 0 Å². The van der Waals surface area contributed by atoms with E-state index in [0.29, 0.717) is 12.2 Å². The van der Waals surface area contributed by atoms with Gasteiger partial charge in [-0.2, -0.15) is 13.5 Å². The Balaban J connectivity index is 2.51. The fourth-order valence-corrected chi connectivity index (χ4v) is 2.11. The number of hydrogen-bond acceptors (Lipinski definition) is 3. The van der Waals surface area contributed by atoms with Gasteiger partial charge in [-0.05, 0) is 19.8 Å². The standard InChI is InChI=1S/C8H11FN2O2S/c1-2-11-5-7(14(9,12)13)8(10-11)6-3-4-6/h5-6H,2-4H2,1H3. The number of rotatable bonds is 3. The molecule has 0 unspecified atom stereocenters. The van der Waals surface area contributed by atoms with Gasteiger partial charge in [-0.3, -0.25) is 4.68 Å². The Morgan fingerprint density at radius 3 is 2.71 bits per heavy atom. The van der Waals surface area contributed by atoms with Gasteiger partial charge in [0.15, 0.2) is 0 Å². The molecule has 4 nitrogen and oxygen atoms in total. The first kappa shape index (κ1) is 9.64. The molecule has 0 saturated heterocycles. The van der Waals surface area contributed by atoms with E-state index in [0.717, 1.165) is 12.8 Å². The number of hydrogen-bond donors (Lipinski definition) is 0. The summed E-state index contributed by atoms with van der Waals surface area (Å²) in [7, 11) is -4.61. The summed E-state index contributed by atoms with van der Waals surface area (Å²) in [5.74, 6) is 0.142. The highest BCUT2D eigenvalue weighted by Gasteiger charge is 2.33. The van der Waals surface area contributed by atoms with Gasteiger partial charge >= 0.3 is 10.2 Å². The number of aromatic nitrogens is 2. The first-order valence-electron chi connectivity index (χ1n) is 4.54. The van der Waals surface area contributed by atoms with Gasteiger partial charge in [0.05, 0.1) is 5.69 Å². The van der Waals surface area contributed by atoms with Crippen LogP contribution in [0.15, 0.2) is 11.1 Å². The molecular weight excluding hydrogens is 207 g/mol. The molecule has 6 heteroatoms. The number of halogens is 1. The highest BCUT2D eigenvalue weighted by Crippen LogP contribution is 2.42. The van der Waals surface area contributed by atoms with Gasteiger partial charge in [-0.15, -0.1) is 3.89 Å². The molecule has 0 N–H and O–H groups in total. The van der Waals surface area contributed by atoms with Gasteiger partial charge in [0.2, 0.25) is 0 Å². The van der Waals surface area contributed by atoms with Crippen molar-refractivity contribution in [1.82, 2.24) is 9.78 Å². The fraction of sp³-hybridized carbons (Fsp3) is 0.625. The van der Waals surface area contributed by atoms with Crippen LogP contribution >= 0.6 is 0 Å². The van der Waals surface area contributed by atoms with Crippen molar-refractivity contribution < 1.29 is 12.3 Å². The largest absolute Gasteiger partial charge is 0.335 e. The van der Waals surface area contributed by atoms with Crippen molar-refractivity contribution in [1.29, 1.82) is 0 Å². The molecule has 0 aliphatic heterocycles. The van der Waals surface area contributed by atoms with E-state index >= 15 is 0 Å². The van der Waals surface area contributed by atoms with Crippen LogP contribution in [0.4, 0.5) is 3.89 Å². The molecule has 14 heavy (non-hydrogen) atoms. The summed E-state index contributed by atoms with van der Waals surface area (Å²) in [6, 6.07) is 0. The van der Waals surface area contributed by atoms with Gasteiger partial charge in [0.25, 0.3) is 0 Å². The van der Waals surface area contributed by atoms with Gasteiger partial charge in [0, 0.05) is 18.7 Å². The van der Waals surface area contributed by atoms with Crippen LogP contribution in [-0.4, -0.2) is 18.2 Å². The lowest BCUT2D eigenvalue weighted by Gasteiger charge is -1.92. The third-order valence-electron chi connectivity index (χ3n) is 2.31. The minimum atomic E-state index is -4.61. The molecule has 2 rings (SSSR count). The monoisotopic (exact) mass is 218 g/mol. The summed E-state index contributed by atoms with van der Waals surface area (Å²) in [5, 5.41) is 4.05. The van der Waals surface area contributed by atoms with Crippen LogP contribution in [0.2, 0.25) is 0 Å². The summed E-state index contributed by atoms with van der Waals surface area (Å²) in [6.07, 6.45) is 3.08. The quantitative estimate of drug-likeness (QED) is 0.721. The highest BCUT2D eigenvalue weighted by molar-refractivity contribution is 7.86. The van der Waals surface area contributed by atoms with Crippen molar-refractivity contribution in [3.8, 4) is 0 Å². The Hall–Kier alpha value is -0.910. The third kappa shape index (κ3) is 1.66. The van der Waals surface area contributed by atoms with Gasteiger partial charge < -0.3 is 0 Å². The molecule has 1 saturated carbocycles. The van der Waals surface area contributed by atoms with Gasteiger partial charge in [-0.1, -0.05) is 0 Å². The summed E-state index contributed by atoms with van der Waals surface area (Å²) in [4.78, 5) is -0.248. The second-order valence-corrected chi connectivity index (χ2v) is 4.76. The van der Waals surface area contributed by atoms with Crippen molar-refractivity contribution in [3.05, 3.63) is 11.9 Å². The average Bonchev–Trinajstić information content (AvgIpc) is 2.83. The van der Waals surface area contributed by atoms with Crippen molar-refractivity contribution in [2.45, 2.75) is 37.1 Å². The third-order valence-corrected chi connectivity index (χ3v) is 3.15. The lowest BCUT2D eigenvalue weighted by atomic mass is 10.3. The molecule has 1 aliphatic rings. The van der Waals surface area contributed by atoms with Crippen molar-refractivity contribution in [3.63, 3.8) is 0 Å². The predicted molar refractivity (Wildman–Crippen MR) is 48.2 cm³/mol. The van der Waals surface area contributed by atoms with Gasteiger partial charge in [0.1, 0.15) is 4.90 Å². The van der Waals surface area contributed by atoms with Crippen LogP contribution in [0.3, 0.4) is 0 Å². The van der Waals surface area contributed by atoms with Crippen LogP contribution in [0, 0.1) is 0 Å². The topological polar surface area (TPSA) is 52.0 Å². The molecule has 1 aromatic heterocycles. The minimum absolute atomic E-state index is 0.142. The number of aryl methyl sites for hydroxylation is 1. The molecule has 0 amide bonds. The average molecular weight is 218 g/mol. The van der Waals surface area contributed by atoms with E-state index in [-0.39, 0.29) is 10.8 Å². The zero-order valence-electron chi connectivity index (χ0n) is 7.77. The van der Waals surface area contributed by atoms with Crippen LogP contribution < -0.4 is 0 Å². The maximum Gasteiger partial charge on any atom is 0.335 e. The van der Waals surface area contributed by atoms with E-state index < -0.39 is 10.2 Å². The smallest absolute Gasteiger partial charge is 0.271 e. The van der Waals surface area contributed by atoms with E-state index in [4.69, 9.17) is 0 Å². The van der Waals surface area contributed by atoms with E-state index in [1.54, 1.807) is 0 Å². The van der Waals surface area contributed by atoms with Crippen LogP contribution in [0.5, 0.6) is 0 Å². The molecule has 0 spiro atoms. The Bertz CT molecular complexity index is 448. The summed E-state index contributed by atoms with van der Waals surface area (Å²) < 4.78 is 35.9. The summed E-state index contributed by atoms with van der Waals surface area (Å²) in [6.45, 7) is 2.38. The minimum Gasteiger partial charge on any atom is -0.271 e. The molecule has 0 aromatic carbocycles. The molecule has 0 atom stereocenters. The molecule has 0 bridgehead atoms. The molecular formula is C8H11FN2O2S. The van der Waals surface area contributed by atoms with Crippen LogP contribution in [-0.2, 0) is 16.8 Å². The predicted octanol–water partition coefficient (Wildman–Crippen LogP) is 1.44. The van der Waals surface area contributed by atoms with E-state index in [1.807, 2.05) is 6.92 Å². The molecule has 1 aromatic rings. The van der Waals surface area contributed by atoms with Crippen molar-refractivity contribution >= 4 is 10.2 Å². The molecule has 78 valence electrons. The van der Waals surface area contributed by atoms with Crippen LogP contribution in [0.1, 0.15) is 31.4 Å². The second-order valence-electron chi connectivity index (χ2n) is 3.45. The number of nitrogens with zero attached hydrogens (tertiary/aromatic N) is 2. The lowest BCUT2D eigenvalue weighted by Crippen LogP contribution is -1.95. The highest BCUT2D eigenvalue weighted by atomic mass is 32.3. The fourth-order valence-electron chi connectivity index (χ4n) is 1.41. The maximum absolute atomic E-state index is 12.8. The Kier molecular flexibility index (Phi) is 2.10. The van der Waals surface area contributed by atoms with E-state index in [9.17, 15) is 12.3 Å². The molecule has 0 radical (unpaired) electrons. The molecule has 1 aliphatic carbocycles. The maximum atomic E-state index is 12.8. The first-order valence-corrected chi connectivity index (χ1v) is 5.92. The second kappa shape index (κ2) is 3.05. The van der Waals surface area contributed by atoms with E-state index in [2.05, 4.69) is 5.10 Å². The molecule has 1 fully saturated rings. The van der Waals surface area contributed by atoms with Crippen molar-refractivity contribution in [2.24, 2.45) is 0 Å². The van der Waals surface area contributed by atoms with E-state index in [1.165, 1.54) is 10.9 Å². The molecule has 1 heterocycles. The Morgan fingerprint density at radius 1 is 1.64 bits per heavy atom. The van der Waals surface area contributed by atoms with Gasteiger partial charge in [-0.25, -0.2) is 0 Å². The Morgan fingerprint density at radius 2 is 2.29 bits per heavy atom. The zero-order chi connectivity index (χ0) is 10.3. The zero-order valence-corrected chi connectivity index (χ0v) is 8.59. The first-order chi connectivity index (χ1) is 6.52. The summed E-state index contributed by atoms with van der Waals surface area (Å²) in [5.41, 5.74) is 0.398. The lowest BCUT2D eigenvalue weighted by molar-refractivity contribution is 0.550. The van der Waals surface area contributed by atoms with Crippen LogP contribution in [0.25, 0.3) is 0 Å².